The van der Waals surface area contributed by atoms with Gasteiger partial charge in [-0.3, -0.25) is 4.90 Å². The Hall–Kier alpha value is -0.420. The molecule has 2 rings (SSSR count). The zero-order chi connectivity index (χ0) is 11.4. The predicted octanol–water partition coefficient (Wildman–Crippen LogP) is 3.58. The maximum Gasteiger partial charge on any atom is 0.107 e. The van der Waals surface area contributed by atoms with Gasteiger partial charge in [0.25, 0.3) is 0 Å². The van der Waals surface area contributed by atoms with E-state index in [-0.39, 0.29) is 0 Å². The highest BCUT2D eigenvalue weighted by molar-refractivity contribution is 7.10. The van der Waals surface area contributed by atoms with Crippen LogP contribution in [0.1, 0.15) is 15.6 Å². The number of halogens is 1. The molecule has 2 nitrogen and oxygen atoms in total. The van der Waals surface area contributed by atoms with Crippen molar-refractivity contribution in [1.29, 1.82) is 0 Å². The fourth-order valence-corrected chi connectivity index (χ4v) is 3.32. The van der Waals surface area contributed by atoms with Gasteiger partial charge in [-0.05, 0) is 18.5 Å². The highest BCUT2D eigenvalue weighted by Gasteiger charge is 2.06. The summed E-state index contributed by atoms with van der Waals surface area (Å²) < 4.78 is 0. The molecule has 0 aliphatic rings. The lowest BCUT2D eigenvalue weighted by atomic mass is 10.4. The number of thiazole rings is 1. The van der Waals surface area contributed by atoms with Gasteiger partial charge in [0.2, 0.25) is 0 Å². The first-order chi connectivity index (χ1) is 7.78. The summed E-state index contributed by atoms with van der Waals surface area (Å²) in [5, 5.41) is 5.27. The molecule has 0 aliphatic carbocycles. The fraction of sp³-hybridized carbons (Fsp3) is 0.364. The van der Waals surface area contributed by atoms with Crippen molar-refractivity contribution in [2.75, 3.05) is 7.05 Å². The molecule has 0 bridgehead atoms. The molecular weight excluding hydrogens is 260 g/mol. The number of aromatic nitrogens is 1. The van der Waals surface area contributed by atoms with Gasteiger partial charge in [0.05, 0.1) is 18.1 Å². The minimum absolute atomic E-state index is 0.505. The van der Waals surface area contributed by atoms with Gasteiger partial charge >= 0.3 is 0 Å². The average Bonchev–Trinajstić information content (AvgIpc) is 2.89. The Morgan fingerprint density at radius 3 is 2.88 bits per heavy atom. The Balaban J connectivity index is 1.89. The standard InChI is InChI=1S/C11H13ClN2S2/c1-14(6-10-3-2-4-15-10)7-11-13-9(5-12)8-16-11/h2-4,8H,5-7H2,1H3. The average molecular weight is 273 g/mol. The van der Waals surface area contributed by atoms with Crippen molar-refractivity contribution in [3.05, 3.63) is 38.5 Å². The number of hydrogen-bond acceptors (Lipinski definition) is 4. The van der Waals surface area contributed by atoms with Gasteiger partial charge in [0, 0.05) is 16.8 Å². The van der Waals surface area contributed by atoms with Crippen LogP contribution in [0.5, 0.6) is 0 Å². The van der Waals surface area contributed by atoms with Crippen molar-refractivity contribution in [1.82, 2.24) is 9.88 Å². The third-order valence-corrected chi connectivity index (χ3v) is 4.16. The normalized spacial score (nSPS) is 11.2. The van der Waals surface area contributed by atoms with Crippen LogP contribution < -0.4 is 0 Å². The lowest BCUT2D eigenvalue weighted by Crippen LogP contribution is -2.16. The van der Waals surface area contributed by atoms with Crippen molar-refractivity contribution in [2.45, 2.75) is 19.0 Å². The van der Waals surface area contributed by atoms with Crippen LogP contribution >= 0.6 is 34.3 Å². The van der Waals surface area contributed by atoms with Crippen molar-refractivity contribution in [2.24, 2.45) is 0 Å². The molecule has 0 amide bonds. The van der Waals surface area contributed by atoms with E-state index in [9.17, 15) is 0 Å². The van der Waals surface area contributed by atoms with Crippen molar-refractivity contribution in [3.63, 3.8) is 0 Å². The number of hydrogen-bond donors (Lipinski definition) is 0. The van der Waals surface area contributed by atoms with E-state index in [1.54, 1.807) is 22.7 Å². The van der Waals surface area contributed by atoms with Gasteiger partial charge in [-0.25, -0.2) is 4.98 Å². The second kappa shape index (κ2) is 5.77. The van der Waals surface area contributed by atoms with Crippen LogP contribution in [0.2, 0.25) is 0 Å². The van der Waals surface area contributed by atoms with Gasteiger partial charge in [-0.15, -0.1) is 34.3 Å². The summed E-state index contributed by atoms with van der Waals surface area (Å²) in [5.41, 5.74) is 0.978. The van der Waals surface area contributed by atoms with Crippen LogP contribution in [0.3, 0.4) is 0 Å². The Morgan fingerprint density at radius 2 is 2.25 bits per heavy atom. The minimum Gasteiger partial charge on any atom is -0.295 e. The molecule has 0 atom stereocenters. The third-order valence-electron chi connectivity index (χ3n) is 2.15. The van der Waals surface area contributed by atoms with E-state index in [1.165, 1.54) is 4.88 Å². The van der Waals surface area contributed by atoms with E-state index in [4.69, 9.17) is 11.6 Å². The van der Waals surface area contributed by atoms with E-state index in [0.717, 1.165) is 23.8 Å². The fourth-order valence-electron chi connectivity index (χ4n) is 1.44. The van der Waals surface area contributed by atoms with Crippen LogP contribution in [-0.4, -0.2) is 16.9 Å². The molecule has 86 valence electrons. The van der Waals surface area contributed by atoms with Gasteiger partial charge in [-0.1, -0.05) is 6.07 Å². The summed E-state index contributed by atoms with van der Waals surface area (Å²) in [6.45, 7) is 1.87. The van der Waals surface area contributed by atoms with Gasteiger partial charge in [-0.2, -0.15) is 0 Å². The SMILES string of the molecule is CN(Cc1cccs1)Cc1nc(CCl)cs1. The van der Waals surface area contributed by atoms with Crippen molar-refractivity contribution in [3.8, 4) is 0 Å². The molecule has 0 N–H and O–H groups in total. The van der Waals surface area contributed by atoms with E-state index in [1.807, 2.05) is 5.38 Å². The Bertz CT molecular complexity index is 425. The molecule has 0 aliphatic heterocycles. The molecule has 2 aromatic heterocycles. The molecule has 0 saturated heterocycles. The first kappa shape index (κ1) is 12.0. The highest BCUT2D eigenvalue weighted by Crippen LogP contribution is 2.16. The Labute approximate surface area is 109 Å². The number of nitrogens with zero attached hydrogens (tertiary/aromatic N) is 2. The number of rotatable bonds is 5. The molecule has 2 aromatic rings. The minimum atomic E-state index is 0.505. The summed E-state index contributed by atoms with van der Waals surface area (Å²) in [6.07, 6.45) is 0. The number of alkyl halides is 1. The molecule has 0 spiro atoms. The molecule has 0 saturated carbocycles. The van der Waals surface area contributed by atoms with Gasteiger partial charge < -0.3 is 0 Å². The summed E-state index contributed by atoms with van der Waals surface area (Å²) in [4.78, 5) is 8.10. The molecule has 0 radical (unpaired) electrons. The van der Waals surface area contributed by atoms with Crippen molar-refractivity contribution < 1.29 is 0 Å². The highest BCUT2D eigenvalue weighted by atomic mass is 35.5. The maximum absolute atomic E-state index is 5.72. The van der Waals surface area contributed by atoms with Crippen LogP contribution in [0.25, 0.3) is 0 Å². The second-order valence-corrected chi connectivity index (χ2v) is 5.86. The summed E-state index contributed by atoms with van der Waals surface area (Å²) in [7, 11) is 2.11. The zero-order valence-corrected chi connectivity index (χ0v) is 11.4. The molecule has 0 aromatic carbocycles. The third kappa shape index (κ3) is 3.28. The van der Waals surface area contributed by atoms with E-state index < -0.39 is 0 Å². The topological polar surface area (TPSA) is 16.1 Å². The van der Waals surface area contributed by atoms with E-state index in [2.05, 4.69) is 34.4 Å². The first-order valence-corrected chi connectivity index (χ1v) is 7.27. The summed E-state index contributed by atoms with van der Waals surface area (Å²) in [5.74, 6) is 0.505. The lowest BCUT2D eigenvalue weighted by molar-refractivity contribution is 0.321. The summed E-state index contributed by atoms with van der Waals surface area (Å²) in [6, 6.07) is 4.25. The molecule has 2 heterocycles. The molecule has 5 heteroatoms. The van der Waals surface area contributed by atoms with Crippen LogP contribution in [-0.2, 0) is 19.0 Å². The van der Waals surface area contributed by atoms with Gasteiger partial charge in [0.15, 0.2) is 0 Å². The maximum atomic E-state index is 5.72. The summed E-state index contributed by atoms with van der Waals surface area (Å²) >= 11 is 9.20. The smallest absolute Gasteiger partial charge is 0.107 e. The number of thiophene rings is 1. The first-order valence-electron chi connectivity index (χ1n) is 4.98. The van der Waals surface area contributed by atoms with Crippen LogP contribution in [0, 0.1) is 0 Å². The molecular formula is C11H13ClN2S2. The quantitative estimate of drug-likeness (QED) is 0.774. The molecule has 0 fully saturated rings. The zero-order valence-electron chi connectivity index (χ0n) is 9.02. The Morgan fingerprint density at radius 1 is 1.38 bits per heavy atom. The predicted molar refractivity (Wildman–Crippen MR) is 71.2 cm³/mol. The van der Waals surface area contributed by atoms with Crippen LogP contribution in [0.15, 0.2) is 22.9 Å². The van der Waals surface area contributed by atoms with E-state index >= 15 is 0 Å². The molecule has 16 heavy (non-hydrogen) atoms. The Kier molecular flexibility index (Phi) is 4.35. The second-order valence-electron chi connectivity index (χ2n) is 3.62. The van der Waals surface area contributed by atoms with Gasteiger partial charge in [0.1, 0.15) is 5.01 Å². The van der Waals surface area contributed by atoms with E-state index in [0.29, 0.717) is 5.88 Å². The van der Waals surface area contributed by atoms with Crippen molar-refractivity contribution >= 4 is 34.3 Å². The van der Waals surface area contributed by atoms with Crippen LogP contribution in [0.4, 0.5) is 0 Å². The monoisotopic (exact) mass is 272 g/mol. The lowest BCUT2D eigenvalue weighted by Gasteiger charge is -2.13. The molecule has 0 unspecified atom stereocenters. The largest absolute Gasteiger partial charge is 0.295 e.